The minimum Gasteiger partial charge on any atom is -0.370 e. The number of likely N-dealkylation sites (N-methyl/N-ethyl adjacent to an activating group) is 1. The zero-order chi connectivity index (χ0) is 13.4. The maximum atomic E-state index is 4.41. The van der Waals surface area contributed by atoms with E-state index in [1.165, 1.54) is 0 Å². The molecular weight excluding hydrogens is 226 g/mol. The number of nitrogens with zero attached hydrogens (tertiary/aromatic N) is 3. The van der Waals surface area contributed by atoms with Gasteiger partial charge in [-0.15, -0.1) is 0 Å². The van der Waals surface area contributed by atoms with Gasteiger partial charge in [-0.3, -0.25) is 0 Å². The smallest absolute Gasteiger partial charge is 0.224 e. The molecule has 0 aliphatic carbocycles. The fraction of sp³-hybridized carbons (Fsp3) is 0.692. The number of anilines is 2. The van der Waals surface area contributed by atoms with Crippen LogP contribution in [-0.4, -0.2) is 48.6 Å². The molecule has 0 aliphatic rings. The van der Waals surface area contributed by atoms with Gasteiger partial charge in [0.25, 0.3) is 0 Å². The lowest BCUT2D eigenvalue weighted by Crippen LogP contribution is -2.21. The van der Waals surface area contributed by atoms with Gasteiger partial charge in [-0.25, -0.2) is 4.98 Å². The summed E-state index contributed by atoms with van der Waals surface area (Å²) in [5.41, 5.74) is 0. The highest BCUT2D eigenvalue weighted by molar-refractivity contribution is 5.39. The number of nitrogens with one attached hydrogen (secondary N) is 2. The van der Waals surface area contributed by atoms with Crippen LogP contribution in [0.15, 0.2) is 12.3 Å². The summed E-state index contributed by atoms with van der Waals surface area (Å²) in [5.74, 6) is 2.28. The Labute approximate surface area is 110 Å². The van der Waals surface area contributed by atoms with Gasteiger partial charge in [-0.05, 0) is 32.5 Å². The SMILES string of the molecule is CC(C)CCNc1ccnc(NCCN(C)C)n1. The van der Waals surface area contributed by atoms with Crippen molar-refractivity contribution in [3.63, 3.8) is 0 Å². The third kappa shape index (κ3) is 6.39. The summed E-state index contributed by atoms with van der Waals surface area (Å²) in [7, 11) is 4.10. The summed E-state index contributed by atoms with van der Waals surface area (Å²) in [5, 5.41) is 6.53. The largest absolute Gasteiger partial charge is 0.370 e. The third-order valence-corrected chi connectivity index (χ3v) is 2.53. The predicted molar refractivity (Wildman–Crippen MR) is 77.0 cm³/mol. The number of aromatic nitrogens is 2. The fourth-order valence-corrected chi connectivity index (χ4v) is 1.42. The average Bonchev–Trinajstić information content (AvgIpc) is 2.28. The minimum absolute atomic E-state index is 0.686. The molecule has 5 nitrogen and oxygen atoms in total. The third-order valence-electron chi connectivity index (χ3n) is 2.53. The van der Waals surface area contributed by atoms with Crippen LogP contribution in [0.25, 0.3) is 0 Å². The molecular formula is C13H25N5. The molecule has 1 rings (SSSR count). The van der Waals surface area contributed by atoms with Crippen LogP contribution in [0.5, 0.6) is 0 Å². The van der Waals surface area contributed by atoms with E-state index >= 15 is 0 Å². The first-order chi connectivity index (χ1) is 8.58. The molecule has 0 aliphatic heterocycles. The molecule has 0 amide bonds. The Morgan fingerprint density at radius 1 is 1.22 bits per heavy atom. The Bertz CT molecular complexity index is 309. The summed E-state index contributed by atoms with van der Waals surface area (Å²) in [4.78, 5) is 10.7. The van der Waals surface area contributed by atoms with Gasteiger partial charge in [0, 0.05) is 25.8 Å². The van der Waals surface area contributed by atoms with Crippen molar-refractivity contribution >= 4 is 11.8 Å². The quantitative estimate of drug-likeness (QED) is 0.739. The topological polar surface area (TPSA) is 53.1 Å². The van der Waals surface area contributed by atoms with E-state index in [0.717, 1.165) is 31.9 Å². The average molecular weight is 251 g/mol. The molecule has 0 saturated carbocycles. The van der Waals surface area contributed by atoms with Crippen molar-refractivity contribution in [2.24, 2.45) is 5.92 Å². The maximum absolute atomic E-state index is 4.41. The van der Waals surface area contributed by atoms with E-state index in [0.29, 0.717) is 11.9 Å². The fourth-order valence-electron chi connectivity index (χ4n) is 1.42. The van der Waals surface area contributed by atoms with Gasteiger partial charge in [0.2, 0.25) is 5.95 Å². The summed E-state index contributed by atoms with van der Waals surface area (Å²) in [6.07, 6.45) is 2.93. The Kier molecular flexibility index (Phi) is 6.43. The summed E-state index contributed by atoms with van der Waals surface area (Å²) < 4.78 is 0. The molecule has 102 valence electrons. The molecule has 18 heavy (non-hydrogen) atoms. The zero-order valence-corrected chi connectivity index (χ0v) is 11.9. The highest BCUT2D eigenvalue weighted by Crippen LogP contribution is 2.06. The van der Waals surface area contributed by atoms with Crippen LogP contribution in [0.1, 0.15) is 20.3 Å². The van der Waals surface area contributed by atoms with Gasteiger partial charge in [-0.1, -0.05) is 13.8 Å². The van der Waals surface area contributed by atoms with E-state index < -0.39 is 0 Å². The second-order valence-corrected chi connectivity index (χ2v) is 5.10. The number of rotatable bonds is 8. The van der Waals surface area contributed by atoms with Crippen molar-refractivity contribution in [1.82, 2.24) is 14.9 Å². The van der Waals surface area contributed by atoms with Crippen LogP contribution in [0.2, 0.25) is 0 Å². The molecule has 0 spiro atoms. The Morgan fingerprint density at radius 2 is 2.00 bits per heavy atom. The second kappa shape index (κ2) is 7.87. The van der Waals surface area contributed by atoms with Crippen LogP contribution in [0.4, 0.5) is 11.8 Å². The van der Waals surface area contributed by atoms with Crippen molar-refractivity contribution in [3.05, 3.63) is 12.3 Å². The van der Waals surface area contributed by atoms with Crippen molar-refractivity contribution < 1.29 is 0 Å². The Hall–Kier alpha value is -1.36. The van der Waals surface area contributed by atoms with Gasteiger partial charge in [0.15, 0.2) is 0 Å². The van der Waals surface area contributed by atoms with Gasteiger partial charge >= 0.3 is 0 Å². The Balaban J connectivity index is 2.36. The molecule has 1 aromatic rings. The normalized spacial score (nSPS) is 11.0. The van der Waals surface area contributed by atoms with Crippen LogP contribution in [0.3, 0.4) is 0 Å². The molecule has 0 aromatic carbocycles. The van der Waals surface area contributed by atoms with E-state index in [2.05, 4.69) is 39.3 Å². The van der Waals surface area contributed by atoms with E-state index in [1.807, 2.05) is 20.2 Å². The van der Waals surface area contributed by atoms with E-state index in [-0.39, 0.29) is 0 Å². The first-order valence-corrected chi connectivity index (χ1v) is 6.53. The molecule has 2 N–H and O–H groups in total. The summed E-state index contributed by atoms with van der Waals surface area (Å²) in [6.45, 7) is 7.20. The van der Waals surface area contributed by atoms with E-state index in [9.17, 15) is 0 Å². The molecule has 5 heteroatoms. The molecule has 1 aromatic heterocycles. The molecule has 0 radical (unpaired) electrons. The van der Waals surface area contributed by atoms with Crippen LogP contribution in [0, 0.1) is 5.92 Å². The second-order valence-electron chi connectivity index (χ2n) is 5.10. The number of hydrogen-bond acceptors (Lipinski definition) is 5. The molecule has 0 saturated heterocycles. The van der Waals surface area contributed by atoms with Crippen LogP contribution < -0.4 is 10.6 Å². The first kappa shape index (κ1) is 14.7. The standard InChI is InChI=1S/C13H25N5/c1-11(2)5-7-14-12-6-8-15-13(17-12)16-9-10-18(3)4/h6,8,11H,5,7,9-10H2,1-4H3,(H2,14,15,16,17). The van der Waals surface area contributed by atoms with Crippen molar-refractivity contribution in [1.29, 1.82) is 0 Å². The monoisotopic (exact) mass is 251 g/mol. The van der Waals surface area contributed by atoms with Gasteiger partial charge in [0.05, 0.1) is 0 Å². The van der Waals surface area contributed by atoms with Gasteiger partial charge in [0.1, 0.15) is 5.82 Å². The molecule has 0 fully saturated rings. The molecule has 0 atom stereocenters. The zero-order valence-electron chi connectivity index (χ0n) is 11.9. The van der Waals surface area contributed by atoms with Gasteiger partial charge < -0.3 is 15.5 Å². The van der Waals surface area contributed by atoms with E-state index in [1.54, 1.807) is 6.20 Å². The molecule has 0 bridgehead atoms. The lowest BCUT2D eigenvalue weighted by molar-refractivity contribution is 0.425. The van der Waals surface area contributed by atoms with Crippen molar-refractivity contribution in [3.8, 4) is 0 Å². The van der Waals surface area contributed by atoms with Crippen molar-refractivity contribution in [2.75, 3.05) is 44.4 Å². The lowest BCUT2D eigenvalue weighted by atomic mass is 10.1. The molecule has 0 unspecified atom stereocenters. The predicted octanol–water partition coefficient (Wildman–Crippen LogP) is 1.91. The molecule has 1 heterocycles. The van der Waals surface area contributed by atoms with E-state index in [4.69, 9.17) is 0 Å². The summed E-state index contributed by atoms with van der Waals surface area (Å²) >= 11 is 0. The summed E-state index contributed by atoms with van der Waals surface area (Å²) in [6, 6.07) is 1.90. The highest BCUT2D eigenvalue weighted by Gasteiger charge is 1.99. The van der Waals surface area contributed by atoms with Crippen LogP contribution in [-0.2, 0) is 0 Å². The number of hydrogen-bond donors (Lipinski definition) is 2. The first-order valence-electron chi connectivity index (χ1n) is 6.53. The minimum atomic E-state index is 0.686. The van der Waals surface area contributed by atoms with Crippen molar-refractivity contribution in [2.45, 2.75) is 20.3 Å². The lowest BCUT2D eigenvalue weighted by Gasteiger charge is -2.11. The van der Waals surface area contributed by atoms with Gasteiger partial charge in [-0.2, -0.15) is 4.98 Å². The Morgan fingerprint density at radius 3 is 2.67 bits per heavy atom. The maximum Gasteiger partial charge on any atom is 0.224 e. The highest BCUT2D eigenvalue weighted by atomic mass is 15.2. The van der Waals surface area contributed by atoms with Crippen LogP contribution >= 0.6 is 0 Å².